The maximum absolute atomic E-state index is 12.0. The first-order chi connectivity index (χ1) is 7.60. The molecule has 0 atom stereocenters. The highest BCUT2D eigenvalue weighted by Gasteiger charge is 2.45. The van der Waals surface area contributed by atoms with Crippen molar-refractivity contribution in [2.45, 2.75) is 77.8 Å². The Balaban J connectivity index is 4.75. The summed E-state index contributed by atoms with van der Waals surface area (Å²) in [6, 6.07) is 0. The molecule has 3 nitrogen and oxygen atoms in total. The molecule has 0 radical (unpaired) electrons. The molecule has 0 spiro atoms. The largest absolute Gasteiger partial charge is 0.490 e. The summed E-state index contributed by atoms with van der Waals surface area (Å²) in [7, 11) is -4.16. The molecule has 0 fully saturated rings. The second-order valence-electron chi connectivity index (χ2n) is 7.97. The SMILES string of the molecule is CC(C)(C)[Si](C)(C)OC(=O)O[Si](C)(C)C(C)(C)C. The van der Waals surface area contributed by atoms with Gasteiger partial charge in [0, 0.05) is 0 Å². The fourth-order valence-electron chi connectivity index (χ4n) is 0.744. The quantitative estimate of drug-likeness (QED) is 0.660. The van der Waals surface area contributed by atoms with Crippen LogP contribution >= 0.6 is 0 Å². The molecule has 0 aliphatic heterocycles. The van der Waals surface area contributed by atoms with Crippen LogP contribution in [0, 0.1) is 0 Å². The zero-order valence-corrected chi connectivity index (χ0v) is 15.7. The topological polar surface area (TPSA) is 35.5 Å². The molecule has 0 aromatic heterocycles. The predicted octanol–water partition coefficient (Wildman–Crippen LogP) is 5.15. The van der Waals surface area contributed by atoms with E-state index in [1.54, 1.807) is 0 Å². The molecule has 0 aliphatic carbocycles. The van der Waals surface area contributed by atoms with Crippen LogP contribution in [0.15, 0.2) is 0 Å². The van der Waals surface area contributed by atoms with Gasteiger partial charge in [0.25, 0.3) is 16.6 Å². The van der Waals surface area contributed by atoms with E-state index in [1.165, 1.54) is 0 Å². The van der Waals surface area contributed by atoms with E-state index >= 15 is 0 Å². The van der Waals surface area contributed by atoms with Gasteiger partial charge >= 0.3 is 6.16 Å². The van der Waals surface area contributed by atoms with Gasteiger partial charge in [-0.15, -0.1) is 0 Å². The van der Waals surface area contributed by atoms with Crippen molar-refractivity contribution in [3.63, 3.8) is 0 Å². The van der Waals surface area contributed by atoms with Crippen molar-refractivity contribution < 1.29 is 13.6 Å². The summed E-state index contributed by atoms with van der Waals surface area (Å²) in [5.74, 6) is 0. The van der Waals surface area contributed by atoms with Crippen molar-refractivity contribution in [1.82, 2.24) is 0 Å². The maximum Gasteiger partial charge on any atom is 0.480 e. The van der Waals surface area contributed by atoms with Crippen molar-refractivity contribution in [3.8, 4) is 0 Å². The van der Waals surface area contributed by atoms with Crippen LogP contribution < -0.4 is 0 Å². The van der Waals surface area contributed by atoms with Gasteiger partial charge in [-0.2, -0.15) is 0 Å². The summed E-state index contributed by atoms with van der Waals surface area (Å²) in [6.07, 6.45) is -0.479. The molecule has 0 heterocycles. The summed E-state index contributed by atoms with van der Waals surface area (Å²) in [5, 5.41) is 0.0267. The fourth-order valence-corrected chi connectivity index (χ4v) is 2.36. The van der Waals surface area contributed by atoms with Gasteiger partial charge in [-0.3, -0.25) is 0 Å². The van der Waals surface area contributed by atoms with E-state index in [-0.39, 0.29) is 10.1 Å². The monoisotopic (exact) mass is 290 g/mol. The van der Waals surface area contributed by atoms with Gasteiger partial charge in [-0.25, -0.2) is 4.79 Å². The highest BCUT2D eigenvalue weighted by atomic mass is 28.4. The second kappa shape index (κ2) is 5.00. The summed E-state index contributed by atoms with van der Waals surface area (Å²) in [6.45, 7) is 20.9. The third-order valence-corrected chi connectivity index (χ3v) is 12.9. The Kier molecular flexibility index (Phi) is 4.92. The van der Waals surface area contributed by atoms with Gasteiger partial charge in [-0.05, 0) is 36.3 Å². The Bertz CT molecular complexity index is 279. The molecule has 0 bridgehead atoms. The smallest absolute Gasteiger partial charge is 0.480 e. The number of carbonyl (C=O) groups excluding carboxylic acids is 1. The molecule has 0 amide bonds. The molecule has 0 aromatic carbocycles. The van der Waals surface area contributed by atoms with Crippen LogP contribution in [0.4, 0.5) is 4.79 Å². The van der Waals surface area contributed by atoms with Gasteiger partial charge in [0.2, 0.25) is 0 Å². The zero-order valence-electron chi connectivity index (χ0n) is 13.7. The summed E-state index contributed by atoms with van der Waals surface area (Å²) >= 11 is 0. The van der Waals surface area contributed by atoms with E-state index in [4.69, 9.17) is 8.85 Å². The first-order valence-corrected chi connectivity index (χ1v) is 12.3. The van der Waals surface area contributed by atoms with Crippen LogP contribution in [-0.4, -0.2) is 22.8 Å². The van der Waals surface area contributed by atoms with E-state index in [0.717, 1.165) is 0 Å². The zero-order chi connectivity index (χ0) is 15.0. The van der Waals surface area contributed by atoms with Crippen LogP contribution in [0.1, 0.15) is 41.5 Å². The molecule has 0 saturated heterocycles. The molecule has 0 aromatic rings. The lowest BCUT2D eigenvalue weighted by Gasteiger charge is -2.39. The van der Waals surface area contributed by atoms with Gasteiger partial charge in [0.05, 0.1) is 0 Å². The summed E-state index contributed by atoms with van der Waals surface area (Å²) in [5.41, 5.74) is 0. The highest BCUT2D eigenvalue weighted by molar-refractivity contribution is 6.77. The van der Waals surface area contributed by atoms with Crippen LogP contribution in [0.3, 0.4) is 0 Å². The predicted molar refractivity (Wildman–Crippen MR) is 82.0 cm³/mol. The Morgan fingerprint density at radius 2 is 0.944 bits per heavy atom. The number of hydrogen-bond donors (Lipinski definition) is 0. The summed E-state index contributed by atoms with van der Waals surface area (Å²) < 4.78 is 11.3. The second-order valence-corrected chi connectivity index (χ2v) is 17.4. The van der Waals surface area contributed by atoms with Crippen molar-refractivity contribution in [3.05, 3.63) is 0 Å². The molecular formula is C13H30O3Si2. The van der Waals surface area contributed by atoms with E-state index in [9.17, 15) is 4.79 Å². The molecule has 0 N–H and O–H groups in total. The minimum Gasteiger partial charge on any atom is -0.490 e. The third-order valence-electron chi connectivity index (χ3n) is 4.29. The molecule has 0 unspecified atom stereocenters. The minimum absolute atomic E-state index is 0.0133. The lowest BCUT2D eigenvalue weighted by Crippen LogP contribution is -2.47. The molecule has 5 heteroatoms. The van der Waals surface area contributed by atoms with E-state index in [1.807, 2.05) is 0 Å². The maximum atomic E-state index is 12.0. The first-order valence-electron chi connectivity index (χ1n) is 6.52. The molecular weight excluding hydrogens is 260 g/mol. The van der Waals surface area contributed by atoms with Gasteiger partial charge in [-0.1, -0.05) is 41.5 Å². The number of carbonyl (C=O) groups is 1. The van der Waals surface area contributed by atoms with Crippen LogP contribution in [0.5, 0.6) is 0 Å². The van der Waals surface area contributed by atoms with Crippen molar-refractivity contribution in [2.75, 3.05) is 0 Å². The normalized spacial score (nSPS) is 14.3. The van der Waals surface area contributed by atoms with Crippen molar-refractivity contribution in [1.29, 1.82) is 0 Å². The highest BCUT2D eigenvalue weighted by Crippen LogP contribution is 2.39. The standard InChI is InChI=1S/C13H30O3Si2/c1-12(2,3)17(7,8)15-11(14)16-18(9,10)13(4,5)6/h1-10H3. The average molecular weight is 291 g/mol. The van der Waals surface area contributed by atoms with Gasteiger partial charge in [0.1, 0.15) is 0 Å². The number of hydrogen-bond acceptors (Lipinski definition) is 3. The molecule has 0 aliphatic rings. The molecule has 0 rings (SSSR count). The Morgan fingerprint density at radius 1 is 0.722 bits per heavy atom. The van der Waals surface area contributed by atoms with E-state index in [0.29, 0.717) is 0 Å². The fraction of sp³-hybridized carbons (Fsp3) is 0.923. The third kappa shape index (κ3) is 4.42. The van der Waals surface area contributed by atoms with E-state index in [2.05, 4.69) is 67.7 Å². The number of rotatable bonds is 2. The van der Waals surface area contributed by atoms with Gasteiger partial charge in [0.15, 0.2) is 0 Å². The Hall–Kier alpha value is -0.296. The minimum atomic E-state index is -2.08. The lowest BCUT2D eigenvalue weighted by molar-refractivity contribution is 0.141. The lowest BCUT2D eigenvalue weighted by atomic mass is 10.2. The van der Waals surface area contributed by atoms with Crippen LogP contribution in [-0.2, 0) is 8.85 Å². The van der Waals surface area contributed by atoms with Crippen LogP contribution in [0.25, 0.3) is 0 Å². The van der Waals surface area contributed by atoms with E-state index < -0.39 is 22.8 Å². The first kappa shape index (κ1) is 17.7. The molecule has 108 valence electrons. The summed E-state index contributed by atoms with van der Waals surface area (Å²) in [4.78, 5) is 12.0. The van der Waals surface area contributed by atoms with Crippen molar-refractivity contribution >= 4 is 22.8 Å². The average Bonchev–Trinajstić information content (AvgIpc) is 1.95. The van der Waals surface area contributed by atoms with Gasteiger partial charge < -0.3 is 8.85 Å². The molecule has 18 heavy (non-hydrogen) atoms. The van der Waals surface area contributed by atoms with Crippen LogP contribution in [0.2, 0.25) is 36.3 Å². The molecule has 0 saturated carbocycles. The van der Waals surface area contributed by atoms with Crippen molar-refractivity contribution in [2.24, 2.45) is 0 Å². The Labute approximate surface area is 115 Å². The Morgan fingerprint density at radius 3 is 1.11 bits per heavy atom.